The van der Waals surface area contributed by atoms with E-state index in [-0.39, 0.29) is 18.1 Å². The van der Waals surface area contributed by atoms with Crippen LogP contribution >= 0.6 is 0 Å². The predicted molar refractivity (Wildman–Crippen MR) is 103 cm³/mol. The molecule has 2 aromatic rings. The molecule has 0 spiro atoms. The van der Waals surface area contributed by atoms with E-state index in [1.54, 1.807) is 4.90 Å². The summed E-state index contributed by atoms with van der Waals surface area (Å²) < 4.78 is 22.9. The average Bonchev–Trinajstić information content (AvgIpc) is 2.71. The lowest BCUT2D eigenvalue weighted by molar-refractivity contribution is 0.171. The molecule has 146 valence electrons. The standard InChI is InChI=1S/C21H22N2O5/c1-12(2)23-15-11-19-18(27-7-8-28-19)10-14(15)20(22-21(23)24)13-3-4-16-17(9-13)26-6-5-25-16/h3-4,9-12,20H,5-8H2,1-2H3,(H,22,24). The first-order valence-electron chi connectivity index (χ1n) is 9.54. The highest BCUT2D eigenvalue weighted by Gasteiger charge is 2.35. The fraction of sp³-hybridized carbons (Fsp3) is 0.381. The Balaban J connectivity index is 1.64. The predicted octanol–water partition coefficient (Wildman–Crippen LogP) is 3.26. The quantitative estimate of drug-likeness (QED) is 0.863. The van der Waals surface area contributed by atoms with Gasteiger partial charge >= 0.3 is 6.03 Å². The van der Waals surface area contributed by atoms with Crippen LogP contribution < -0.4 is 29.2 Å². The molecule has 0 aliphatic carbocycles. The number of benzene rings is 2. The summed E-state index contributed by atoms with van der Waals surface area (Å²) in [5, 5.41) is 3.13. The third-order valence-corrected chi connectivity index (χ3v) is 5.16. The molecule has 2 aromatic carbocycles. The summed E-state index contributed by atoms with van der Waals surface area (Å²) in [6.45, 7) is 6.06. The van der Waals surface area contributed by atoms with Gasteiger partial charge in [0.05, 0.1) is 11.7 Å². The van der Waals surface area contributed by atoms with Gasteiger partial charge in [-0.25, -0.2) is 4.79 Å². The average molecular weight is 382 g/mol. The maximum absolute atomic E-state index is 12.9. The van der Waals surface area contributed by atoms with Gasteiger partial charge in [-0.15, -0.1) is 0 Å². The van der Waals surface area contributed by atoms with Gasteiger partial charge in [0.1, 0.15) is 26.4 Å². The van der Waals surface area contributed by atoms with Crippen molar-refractivity contribution >= 4 is 11.7 Å². The number of hydrogen-bond acceptors (Lipinski definition) is 5. The van der Waals surface area contributed by atoms with E-state index in [1.807, 2.05) is 44.2 Å². The Bertz CT molecular complexity index is 943. The van der Waals surface area contributed by atoms with E-state index in [0.717, 1.165) is 22.6 Å². The summed E-state index contributed by atoms with van der Waals surface area (Å²) in [6.07, 6.45) is 0. The minimum atomic E-state index is -0.316. The van der Waals surface area contributed by atoms with Gasteiger partial charge in [0.2, 0.25) is 0 Å². The van der Waals surface area contributed by atoms with Crippen molar-refractivity contribution in [2.75, 3.05) is 31.3 Å². The fourth-order valence-electron chi connectivity index (χ4n) is 3.93. The lowest BCUT2D eigenvalue weighted by atomic mass is 9.93. The molecule has 0 saturated carbocycles. The second-order valence-electron chi connectivity index (χ2n) is 7.30. The molecule has 1 atom stereocenters. The maximum atomic E-state index is 12.9. The van der Waals surface area contributed by atoms with Gasteiger partial charge in [0.25, 0.3) is 0 Å². The minimum absolute atomic E-state index is 0.00234. The zero-order chi connectivity index (χ0) is 19.3. The van der Waals surface area contributed by atoms with Crippen LogP contribution in [0.1, 0.15) is 31.0 Å². The molecule has 3 heterocycles. The lowest BCUT2D eigenvalue weighted by Crippen LogP contribution is -2.50. The number of fused-ring (bicyclic) bond motifs is 3. The number of nitrogens with one attached hydrogen (secondary N) is 1. The van der Waals surface area contributed by atoms with Crippen LogP contribution in [-0.2, 0) is 0 Å². The fourth-order valence-corrected chi connectivity index (χ4v) is 3.93. The number of urea groups is 1. The maximum Gasteiger partial charge on any atom is 0.322 e. The number of hydrogen-bond donors (Lipinski definition) is 1. The van der Waals surface area contributed by atoms with E-state index >= 15 is 0 Å². The molecule has 0 saturated heterocycles. The number of ether oxygens (including phenoxy) is 4. The summed E-state index contributed by atoms with van der Waals surface area (Å²) in [4.78, 5) is 14.7. The Morgan fingerprint density at radius 2 is 1.50 bits per heavy atom. The molecule has 5 rings (SSSR count). The normalized spacial score (nSPS) is 19.9. The van der Waals surface area contributed by atoms with Gasteiger partial charge in [-0.05, 0) is 37.6 Å². The minimum Gasteiger partial charge on any atom is -0.486 e. The number of carbonyl (C=O) groups excluding carboxylic acids is 1. The van der Waals surface area contributed by atoms with Crippen molar-refractivity contribution < 1.29 is 23.7 Å². The molecule has 0 fully saturated rings. The molecule has 1 N–H and O–H groups in total. The highest BCUT2D eigenvalue weighted by molar-refractivity contribution is 5.97. The molecule has 7 nitrogen and oxygen atoms in total. The SMILES string of the molecule is CC(C)N1C(=O)NC(c2ccc3c(c2)OCCO3)c2cc3c(cc21)OCCO3. The zero-order valence-corrected chi connectivity index (χ0v) is 15.9. The van der Waals surface area contributed by atoms with Crippen LogP contribution in [0.25, 0.3) is 0 Å². The Labute approximate surface area is 163 Å². The van der Waals surface area contributed by atoms with Crippen molar-refractivity contribution in [3.05, 3.63) is 41.5 Å². The summed E-state index contributed by atoms with van der Waals surface area (Å²) in [7, 11) is 0. The molecule has 3 aliphatic heterocycles. The van der Waals surface area contributed by atoms with Crippen molar-refractivity contribution in [3.63, 3.8) is 0 Å². The Kier molecular flexibility index (Phi) is 3.96. The Morgan fingerprint density at radius 1 is 0.893 bits per heavy atom. The van der Waals surface area contributed by atoms with Gasteiger partial charge in [-0.2, -0.15) is 0 Å². The van der Waals surface area contributed by atoms with Crippen LogP contribution in [0.5, 0.6) is 23.0 Å². The molecule has 0 aromatic heterocycles. The second kappa shape index (κ2) is 6.51. The highest BCUT2D eigenvalue weighted by atomic mass is 16.6. The lowest BCUT2D eigenvalue weighted by Gasteiger charge is -2.38. The number of carbonyl (C=O) groups is 1. The smallest absolute Gasteiger partial charge is 0.322 e. The first kappa shape index (κ1) is 17.0. The summed E-state index contributed by atoms with van der Waals surface area (Å²) in [5.41, 5.74) is 2.73. The van der Waals surface area contributed by atoms with Crippen LogP contribution in [0.3, 0.4) is 0 Å². The van der Waals surface area contributed by atoms with Crippen molar-refractivity contribution in [2.45, 2.75) is 25.9 Å². The van der Waals surface area contributed by atoms with Crippen molar-refractivity contribution in [1.29, 1.82) is 0 Å². The van der Waals surface area contributed by atoms with Crippen LogP contribution in [0, 0.1) is 0 Å². The molecule has 7 heteroatoms. The molecule has 0 bridgehead atoms. The van der Waals surface area contributed by atoms with Crippen LogP contribution in [0.15, 0.2) is 30.3 Å². The molecule has 3 aliphatic rings. The Hall–Kier alpha value is -3.09. The molecular weight excluding hydrogens is 360 g/mol. The molecular formula is C21H22N2O5. The van der Waals surface area contributed by atoms with Gasteiger partial charge in [-0.3, -0.25) is 4.90 Å². The molecule has 28 heavy (non-hydrogen) atoms. The van der Waals surface area contributed by atoms with E-state index in [4.69, 9.17) is 18.9 Å². The van der Waals surface area contributed by atoms with Gasteiger partial charge in [0, 0.05) is 17.7 Å². The van der Waals surface area contributed by atoms with E-state index in [1.165, 1.54) is 0 Å². The molecule has 0 radical (unpaired) electrons. The van der Waals surface area contributed by atoms with E-state index < -0.39 is 0 Å². The van der Waals surface area contributed by atoms with Crippen molar-refractivity contribution in [1.82, 2.24) is 5.32 Å². The second-order valence-corrected chi connectivity index (χ2v) is 7.30. The van der Waals surface area contributed by atoms with Gasteiger partial charge in [0.15, 0.2) is 23.0 Å². The topological polar surface area (TPSA) is 69.3 Å². The highest BCUT2D eigenvalue weighted by Crippen LogP contribution is 2.45. The molecule has 2 amide bonds. The summed E-state index contributed by atoms with van der Waals surface area (Å²) in [6, 6.07) is 9.22. The first-order valence-corrected chi connectivity index (χ1v) is 9.54. The number of nitrogens with zero attached hydrogens (tertiary/aromatic N) is 1. The monoisotopic (exact) mass is 382 g/mol. The van der Waals surface area contributed by atoms with E-state index in [9.17, 15) is 4.79 Å². The largest absolute Gasteiger partial charge is 0.486 e. The van der Waals surface area contributed by atoms with Crippen LogP contribution in [0.4, 0.5) is 10.5 Å². The van der Waals surface area contributed by atoms with Crippen LogP contribution in [0.2, 0.25) is 0 Å². The number of anilines is 1. The van der Waals surface area contributed by atoms with Crippen molar-refractivity contribution in [2.24, 2.45) is 0 Å². The zero-order valence-electron chi connectivity index (χ0n) is 15.9. The molecule has 1 unspecified atom stereocenters. The van der Waals surface area contributed by atoms with Crippen molar-refractivity contribution in [3.8, 4) is 23.0 Å². The van der Waals surface area contributed by atoms with Crippen LogP contribution in [-0.4, -0.2) is 38.5 Å². The summed E-state index contributed by atoms with van der Waals surface area (Å²) >= 11 is 0. The van der Waals surface area contributed by atoms with E-state index in [2.05, 4.69) is 5.32 Å². The Morgan fingerprint density at radius 3 is 2.18 bits per heavy atom. The number of amides is 2. The third-order valence-electron chi connectivity index (χ3n) is 5.16. The third kappa shape index (κ3) is 2.69. The van der Waals surface area contributed by atoms with Gasteiger partial charge < -0.3 is 24.3 Å². The first-order chi connectivity index (χ1) is 13.6. The van der Waals surface area contributed by atoms with E-state index in [0.29, 0.717) is 43.7 Å². The van der Waals surface area contributed by atoms with Gasteiger partial charge in [-0.1, -0.05) is 6.07 Å². The summed E-state index contributed by atoms with van der Waals surface area (Å²) in [5.74, 6) is 2.80. The number of rotatable bonds is 2.